The molecule has 0 aromatic heterocycles. The van der Waals surface area contributed by atoms with Gasteiger partial charge in [0.2, 0.25) is 0 Å². The van der Waals surface area contributed by atoms with E-state index in [-0.39, 0.29) is 4.90 Å². The van der Waals surface area contributed by atoms with Crippen LogP contribution in [0.4, 0.5) is 0 Å². The predicted octanol–water partition coefficient (Wildman–Crippen LogP) is 2.12. The van der Waals surface area contributed by atoms with Gasteiger partial charge in [-0.1, -0.05) is 24.3 Å². The zero-order chi connectivity index (χ0) is 12.9. The fourth-order valence-electron chi connectivity index (χ4n) is 1.34. The Kier molecular flexibility index (Phi) is 4.30. The van der Waals surface area contributed by atoms with Crippen LogP contribution < -0.4 is 0 Å². The fourth-order valence-corrected chi connectivity index (χ4v) is 2.83. The topological polar surface area (TPSA) is 61.2 Å². The molecule has 1 unspecified atom stereocenters. The predicted molar refractivity (Wildman–Crippen MR) is 65.4 cm³/mol. The summed E-state index contributed by atoms with van der Waals surface area (Å²) in [6.45, 7) is 3.25. The van der Waals surface area contributed by atoms with E-state index in [2.05, 4.69) is 0 Å². The zero-order valence-corrected chi connectivity index (χ0v) is 10.6. The first-order valence-corrected chi connectivity index (χ1v) is 6.59. The normalized spacial score (nSPS) is 13.2. The molecule has 0 saturated carbocycles. The number of allylic oxidation sites excluding steroid dienone is 1. The second-order valence-electron chi connectivity index (χ2n) is 3.44. The monoisotopic (exact) mass is 250 g/mol. The minimum Gasteiger partial charge on any atom is -0.257 e. The molecule has 0 radical (unpaired) electrons. The van der Waals surface area contributed by atoms with Crippen LogP contribution >= 0.6 is 0 Å². The highest BCUT2D eigenvalue weighted by Crippen LogP contribution is 2.18. The van der Waals surface area contributed by atoms with E-state index in [1.54, 1.807) is 38.1 Å². The first-order valence-electron chi connectivity index (χ1n) is 5.15. The number of rotatable bonds is 4. The van der Waals surface area contributed by atoms with Crippen LogP contribution in [0.25, 0.3) is 0 Å². The molecule has 0 aliphatic rings. The number of benzene rings is 1. The van der Waals surface area contributed by atoms with Crippen molar-refractivity contribution < 1.29 is 8.42 Å². The maximum Gasteiger partial charge on any atom is 0.264 e. The van der Waals surface area contributed by atoms with Crippen LogP contribution in [-0.4, -0.2) is 18.8 Å². The molecule has 0 N–H and O–H groups in total. The molecule has 1 atom stereocenters. The zero-order valence-electron chi connectivity index (χ0n) is 9.74. The van der Waals surface area contributed by atoms with Crippen molar-refractivity contribution in [2.45, 2.75) is 24.8 Å². The van der Waals surface area contributed by atoms with E-state index in [9.17, 15) is 8.42 Å². The number of hydrogen-bond donors (Lipinski definition) is 0. The molecule has 0 fully saturated rings. The second kappa shape index (κ2) is 5.51. The Hall–Kier alpha value is -1.80. The lowest BCUT2D eigenvalue weighted by Crippen LogP contribution is -2.33. The Morgan fingerprint density at radius 1 is 1.35 bits per heavy atom. The Morgan fingerprint density at radius 2 is 1.94 bits per heavy atom. The SMILES string of the molecule is C/C=C\N(C(C)C#N)S(=O)(=O)c1ccccc1. The van der Waals surface area contributed by atoms with Crippen molar-refractivity contribution in [3.8, 4) is 6.07 Å². The van der Waals surface area contributed by atoms with Gasteiger partial charge in [0.15, 0.2) is 0 Å². The minimum absolute atomic E-state index is 0.181. The van der Waals surface area contributed by atoms with Gasteiger partial charge in [-0.3, -0.25) is 4.31 Å². The lowest BCUT2D eigenvalue weighted by molar-refractivity contribution is 0.472. The molecule has 0 bridgehead atoms. The smallest absolute Gasteiger partial charge is 0.257 e. The van der Waals surface area contributed by atoms with Crippen LogP contribution in [0.1, 0.15) is 13.8 Å². The lowest BCUT2D eigenvalue weighted by Gasteiger charge is -2.22. The van der Waals surface area contributed by atoms with Crippen LogP contribution in [0.5, 0.6) is 0 Å². The number of sulfonamides is 1. The van der Waals surface area contributed by atoms with Gasteiger partial charge in [0.25, 0.3) is 10.0 Å². The maximum atomic E-state index is 12.2. The van der Waals surface area contributed by atoms with Crippen molar-refractivity contribution in [2.24, 2.45) is 0 Å². The summed E-state index contributed by atoms with van der Waals surface area (Å²) in [5.41, 5.74) is 0. The van der Waals surface area contributed by atoms with Crippen molar-refractivity contribution in [3.63, 3.8) is 0 Å². The van der Waals surface area contributed by atoms with Gasteiger partial charge in [0.1, 0.15) is 6.04 Å². The van der Waals surface area contributed by atoms with E-state index in [0.717, 1.165) is 4.31 Å². The molecule has 0 aliphatic heterocycles. The molecule has 0 heterocycles. The molecule has 90 valence electrons. The van der Waals surface area contributed by atoms with E-state index in [4.69, 9.17) is 5.26 Å². The fraction of sp³-hybridized carbons (Fsp3) is 0.250. The summed E-state index contributed by atoms with van der Waals surface area (Å²) in [7, 11) is -3.65. The molecule has 0 spiro atoms. The Labute approximate surface area is 102 Å². The van der Waals surface area contributed by atoms with Gasteiger partial charge in [-0.2, -0.15) is 5.26 Å². The van der Waals surface area contributed by atoms with Gasteiger partial charge in [0.05, 0.1) is 11.0 Å². The third kappa shape index (κ3) is 2.86. The molecular weight excluding hydrogens is 236 g/mol. The number of nitrogens with zero attached hydrogens (tertiary/aromatic N) is 2. The number of nitriles is 1. The van der Waals surface area contributed by atoms with Crippen molar-refractivity contribution >= 4 is 10.0 Å². The van der Waals surface area contributed by atoms with Crippen LogP contribution in [0.15, 0.2) is 47.5 Å². The summed E-state index contributed by atoms with van der Waals surface area (Å²) < 4.78 is 25.6. The molecular formula is C12H14N2O2S. The van der Waals surface area contributed by atoms with Crippen molar-refractivity contribution in [2.75, 3.05) is 0 Å². The molecule has 0 amide bonds. The van der Waals surface area contributed by atoms with E-state index < -0.39 is 16.1 Å². The average Bonchev–Trinajstić information content (AvgIpc) is 2.36. The summed E-state index contributed by atoms with van der Waals surface area (Å²) in [4.78, 5) is 0.181. The maximum absolute atomic E-state index is 12.2. The first kappa shape index (κ1) is 13.3. The summed E-state index contributed by atoms with van der Waals surface area (Å²) in [5, 5.41) is 8.85. The number of hydrogen-bond acceptors (Lipinski definition) is 3. The highest BCUT2D eigenvalue weighted by Gasteiger charge is 2.25. The largest absolute Gasteiger partial charge is 0.264 e. The third-order valence-electron chi connectivity index (χ3n) is 2.18. The molecule has 1 aromatic carbocycles. The van der Waals surface area contributed by atoms with Gasteiger partial charge < -0.3 is 0 Å². The highest BCUT2D eigenvalue weighted by atomic mass is 32.2. The van der Waals surface area contributed by atoms with E-state index >= 15 is 0 Å². The summed E-state index contributed by atoms with van der Waals surface area (Å²) in [5.74, 6) is 0. The summed E-state index contributed by atoms with van der Waals surface area (Å²) in [6.07, 6.45) is 2.99. The Balaban J connectivity index is 3.24. The Morgan fingerprint density at radius 3 is 2.41 bits per heavy atom. The van der Waals surface area contributed by atoms with Crippen LogP contribution in [0.2, 0.25) is 0 Å². The molecule has 5 heteroatoms. The molecule has 17 heavy (non-hydrogen) atoms. The molecule has 0 aliphatic carbocycles. The minimum atomic E-state index is -3.65. The van der Waals surface area contributed by atoms with Crippen LogP contribution in [0, 0.1) is 11.3 Å². The van der Waals surface area contributed by atoms with E-state index in [1.165, 1.54) is 18.3 Å². The van der Waals surface area contributed by atoms with Crippen molar-refractivity contribution in [1.29, 1.82) is 5.26 Å². The molecule has 1 aromatic rings. The van der Waals surface area contributed by atoms with Gasteiger partial charge in [0, 0.05) is 6.20 Å². The third-order valence-corrected chi connectivity index (χ3v) is 4.04. The van der Waals surface area contributed by atoms with Crippen LogP contribution in [0.3, 0.4) is 0 Å². The average molecular weight is 250 g/mol. The first-order chi connectivity index (χ1) is 8.04. The molecule has 1 rings (SSSR count). The quantitative estimate of drug-likeness (QED) is 0.822. The van der Waals surface area contributed by atoms with Gasteiger partial charge in [-0.05, 0) is 26.0 Å². The second-order valence-corrected chi connectivity index (χ2v) is 5.28. The standard InChI is InChI=1S/C12H14N2O2S/c1-3-9-14(11(2)10-13)17(15,16)12-7-5-4-6-8-12/h3-9,11H,1-2H3/b9-3-. The summed E-state index contributed by atoms with van der Waals surface area (Å²) >= 11 is 0. The molecule has 4 nitrogen and oxygen atoms in total. The molecule has 0 saturated heterocycles. The van der Waals surface area contributed by atoms with Crippen LogP contribution in [-0.2, 0) is 10.0 Å². The summed E-state index contributed by atoms with van der Waals surface area (Å²) in [6, 6.07) is 9.25. The lowest BCUT2D eigenvalue weighted by atomic mass is 10.4. The van der Waals surface area contributed by atoms with Crippen molar-refractivity contribution in [3.05, 3.63) is 42.6 Å². The Bertz CT molecular complexity index is 529. The van der Waals surface area contributed by atoms with Crippen molar-refractivity contribution in [1.82, 2.24) is 4.31 Å². The van der Waals surface area contributed by atoms with E-state index in [0.29, 0.717) is 0 Å². The van der Waals surface area contributed by atoms with Gasteiger partial charge in [-0.15, -0.1) is 0 Å². The van der Waals surface area contributed by atoms with Gasteiger partial charge >= 0.3 is 0 Å². The van der Waals surface area contributed by atoms with Gasteiger partial charge in [-0.25, -0.2) is 8.42 Å². The highest BCUT2D eigenvalue weighted by molar-refractivity contribution is 7.89. The van der Waals surface area contributed by atoms with E-state index in [1.807, 2.05) is 6.07 Å².